The third kappa shape index (κ3) is 4.86. The second kappa shape index (κ2) is 7.96. The van der Waals surface area contributed by atoms with Crippen molar-refractivity contribution >= 4 is 32.9 Å². The van der Waals surface area contributed by atoms with Crippen molar-refractivity contribution in [3.63, 3.8) is 0 Å². The van der Waals surface area contributed by atoms with Crippen LogP contribution in [-0.2, 0) is 11.3 Å². The van der Waals surface area contributed by atoms with Crippen molar-refractivity contribution in [2.45, 2.75) is 52.2 Å². The first-order valence-corrected chi connectivity index (χ1v) is 10.0. The molecule has 0 atom stereocenters. The first-order chi connectivity index (χ1) is 12.7. The van der Waals surface area contributed by atoms with Crippen LogP contribution in [0.3, 0.4) is 0 Å². The van der Waals surface area contributed by atoms with Crippen molar-refractivity contribution in [3.8, 4) is 0 Å². The molecule has 0 N–H and O–H groups in total. The Labute approximate surface area is 166 Å². The molecule has 3 rings (SSSR count). The number of carbonyl (C=O) groups is 1. The lowest BCUT2D eigenvalue weighted by Crippen LogP contribution is -2.41. The van der Waals surface area contributed by atoms with Gasteiger partial charge in [0.05, 0.1) is 15.4 Å². The summed E-state index contributed by atoms with van der Waals surface area (Å²) in [6.45, 7) is 7.67. The zero-order chi connectivity index (χ0) is 19.6. The van der Waals surface area contributed by atoms with E-state index in [9.17, 15) is 9.59 Å². The number of nitrogens with zero attached hydrogens (tertiary/aromatic N) is 4. The number of halogens is 1. The van der Waals surface area contributed by atoms with Crippen LogP contribution < -0.4 is 5.56 Å². The maximum Gasteiger partial charge on any atom is 0.410 e. The topological polar surface area (TPSA) is 77.3 Å². The summed E-state index contributed by atoms with van der Waals surface area (Å²) in [6, 6.07) is 0. The van der Waals surface area contributed by atoms with Gasteiger partial charge < -0.3 is 14.2 Å². The lowest BCUT2D eigenvalue weighted by atomic mass is 9.93. The largest absolute Gasteiger partial charge is 0.444 e. The van der Waals surface area contributed by atoms with Crippen molar-refractivity contribution in [1.29, 1.82) is 0 Å². The average molecular weight is 437 g/mol. The Kier molecular flexibility index (Phi) is 5.83. The Balaban J connectivity index is 1.58. The maximum atomic E-state index is 12.6. The summed E-state index contributed by atoms with van der Waals surface area (Å²) in [7, 11) is 0. The van der Waals surface area contributed by atoms with Gasteiger partial charge in [0, 0.05) is 32.0 Å². The Bertz CT molecular complexity index is 883. The highest BCUT2D eigenvalue weighted by molar-refractivity contribution is 9.10. The van der Waals surface area contributed by atoms with E-state index < -0.39 is 5.60 Å². The maximum absolute atomic E-state index is 12.6. The number of hydrogen-bond donors (Lipinski definition) is 0. The summed E-state index contributed by atoms with van der Waals surface area (Å²) < 4.78 is 7.95. The minimum absolute atomic E-state index is 0.0695. The molecule has 1 aliphatic rings. The van der Waals surface area contributed by atoms with Gasteiger partial charge >= 0.3 is 6.09 Å². The van der Waals surface area contributed by atoms with Crippen LogP contribution in [-0.4, -0.2) is 44.2 Å². The molecule has 0 radical (unpaired) electrons. The molecule has 0 bridgehead atoms. The zero-order valence-corrected chi connectivity index (χ0v) is 17.5. The SMILES string of the molecule is CC(C)(C)OC(=O)N1CCC(CCn2cc(Br)c3ncncc3c2=O)CC1. The van der Waals surface area contributed by atoms with Gasteiger partial charge in [-0.3, -0.25) is 4.79 Å². The molecule has 1 amide bonds. The molecule has 146 valence electrons. The van der Waals surface area contributed by atoms with E-state index in [1.165, 1.54) is 6.33 Å². The highest BCUT2D eigenvalue weighted by Gasteiger charge is 2.26. The number of pyridine rings is 1. The van der Waals surface area contributed by atoms with Gasteiger partial charge in [0.25, 0.3) is 5.56 Å². The van der Waals surface area contributed by atoms with E-state index in [1.807, 2.05) is 20.8 Å². The van der Waals surface area contributed by atoms with Gasteiger partial charge in [-0.2, -0.15) is 0 Å². The lowest BCUT2D eigenvalue weighted by Gasteiger charge is -2.33. The second-order valence-corrected chi connectivity index (χ2v) is 8.81. The van der Waals surface area contributed by atoms with Gasteiger partial charge in [0.1, 0.15) is 11.9 Å². The predicted octanol–water partition coefficient (Wildman–Crippen LogP) is 3.59. The van der Waals surface area contributed by atoms with Crippen LogP contribution in [0.2, 0.25) is 0 Å². The van der Waals surface area contributed by atoms with Crippen LogP contribution in [0.5, 0.6) is 0 Å². The summed E-state index contributed by atoms with van der Waals surface area (Å²) in [4.78, 5) is 34.7. The number of likely N-dealkylation sites (tertiary alicyclic amines) is 1. The quantitative estimate of drug-likeness (QED) is 0.734. The number of amides is 1. The van der Waals surface area contributed by atoms with Crippen molar-refractivity contribution in [3.05, 3.63) is 33.5 Å². The van der Waals surface area contributed by atoms with Crippen LogP contribution in [0.25, 0.3) is 10.9 Å². The minimum atomic E-state index is -0.470. The molecule has 0 aromatic carbocycles. The first-order valence-electron chi connectivity index (χ1n) is 9.21. The molecule has 0 unspecified atom stereocenters. The van der Waals surface area contributed by atoms with E-state index in [2.05, 4.69) is 25.9 Å². The predicted molar refractivity (Wildman–Crippen MR) is 107 cm³/mol. The number of piperidine rings is 1. The van der Waals surface area contributed by atoms with Crippen molar-refractivity contribution in [2.75, 3.05) is 13.1 Å². The summed E-state index contributed by atoms with van der Waals surface area (Å²) in [6.07, 6.45) is 7.30. The third-order valence-electron chi connectivity index (χ3n) is 4.74. The van der Waals surface area contributed by atoms with Gasteiger partial charge in [-0.05, 0) is 61.9 Å². The van der Waals surface area contributed by atoms with E-state index in [0.717, 1.165) is 23.7 Å². The zero-order valence-electron chi connectivity index (χ0n) is 15.9. The summed E-state index contributed by atoms with van der Waals surface area (Å²) in [5, 5.41) is 0.520. The minimum Gasteiger partial charge on any atom is -0.444 e. The Morgan fingerprint density at radius 1 is 1.33 bits per heavy atom. The second-order valence-electron chi connectivity index (χ2n) is 7.96. The molecule has 1 saturated heterocycles. The van der Waals surface area contributed by atoms with E-state index in [0.29, 0.717) is 36.5 Å². The standard InChI is InChI=1S/C19H25BrN4O3/c1-19(2,3)27-18(26)23-7-4-13(5-8-23)6-9-24-11-15(20)16-14(17(24)25)10-21-12-22-16/h10-13H,4-9H2,1-3H3. The first kappa shape index (κ1) is 19.8. The lowest BCUT2D eigenvalue weighted by molar-refractivity contribution is 0.0180. The van der Waals surface area contributed by atoms with Crippen LogP contribution in [0, 0.1) is 5.92 Å². The fourth-order valence-corrected chi connectivity index (χ4v) is 3.87. The highest BCUT2D eigenvalue weighted by atomic mass is 79.9. The fourth-order valence-electron chi connectivity index (χ4n) is 3.31. The molecular formula is C19H25BrN4O3. The molecule has 0 spiro atoms. The fraction of sp³-hybridized carbons (Fsp3) is 0.579. The molecule has 0 saturated carbocycles. The van der Waals surface area contributed by atoms with Crippen molar-refractivity contribution < 1.29 is 9.53 Å². The number of carbonyl (C=O) groups excluding carboxylic acids is 1. The van der Waals surface area contributed by atoms with Crippen molar-refractivity contribution in [2.24, 2.45) is 5.92 Å². The molecule has 2 aromatic rings. The Hall–Kier alpha value is -1.96. The van der Waals surface area contributed by atoms with Gasteiger partial charge in [-0.1, -0.05) is 0 Å². The smallest absolute Gasteiger partial charge is 0.410 e. The molecule has 7 nitrogen and oxygen atoms in total. The third-order valence-corrected chi connectivity index (χ3v) is 5.32. The Morgan fingerprint density at radius 2 is 2.04 bits per heavy atom. The number of hydrogen-bond acceptors (Lipinski definition) is 5. The van der Waals surface area contributed by atoms with Crippen molar-refractivity contribution in [1.82, 2.24) is 19.4 Å². The number of aryl methyl sites for hydroxylation is 1. The molecule has 3 heterocycles. The summed E-state index contributed by atoms with van der Waals surface area (Å²) in [5.74, 6) is 0.483. The van der Waals surface area contributed by atoms with Gasteiger partial charge in [-0.15, -0.1) is 0 Å². The summed E-state index contributed by atoms with van der Waals surface area (Å²) in [5.41, 5.74) is 0.0966. The van der Waals surface area contributed by atoms with Crippen LogP contribution in [0.1, 0.15) is 40.0 Å². The van der Waals surface area contributed by atoms with E-state index in [-0.39, 0.29) is 11.7 Å². The number of ether oxygens (including phenoxy) is 1. The van der Waals surface area contributed by atoms with E-state index in [4.69, 9.17) is 4.74 Å². The summed E-state index contributed by atoms with van der Waals surface area (Å²) >= 11 is 3.49. The number of rotatable bonds is 3. The van der Waals surface area contributed by atoms with Crippen LogP contribution in [0.4, 0.5) is 4.79 Å². The normalized spacial score (nSPS) is 15.9. The molecule has 1 aliphatic heterocycles. The molecular weight excluding hydrogens is 412 g/mol. The number of aromatic nitrogens is 3. The van der Waals surface area contributed by atoms with Crippen LogP contribution >= 0.6 is 15.9 Å². The van der Waals surface area contributed by atoms with Gasteiger partial charge in [0.2, 0.25) is 0 Å². The molecule has 0 aliphatic carbocycles. The van der Waals surface area contributed by atoms with Gasteiger partial charge in [0.15, 0.2) is 0 Å². The molecule has 8 heteroatoms. The average Bonchev–Trinajstić information content (AvgIpc) is 2.62. The van der Waals surface area contributed by atoms with E-state index >= 15 is 0 Å². The van der Waals surface area contributed by atoms with Crippen LogP contribution in [0.15, 0.2) is 28.0 Å². The monoisotopic (exact) mass is 436 g/mol. The number of fused-ring (bicyclic) bond motifs is 1. The molecule has 27 heavy (non-hydrogen) atoms. The molecule has 2 aromatic heterocycles. The van der Waals surface area contributed by atoms with E-state index in [1.54, 1.807) is 21.9 Å². The van der Waals surface area contributed by atoms with Gasteiger partial charge in [-0.25, -0.2) is 14.8 Å². The Morgan fingerprint density at radius 3 is 2.70 bits per heavy atom. The highest BCUT2D eigenvalue weighted by Crippen LogP contribution is 2.23. The molecule has 1 fully saturated rings.